The van der Waals surface area contributed by atoms with Crippen molar-refractivity contribution in [2.45, 2.75) is 24.8 Å². The number of benzene rings is 3. The van der Waals surface area contributed by atoms with Crippen LogP contribution in [0.5, 0.6) is 5.75 Å². The summed E-state index contributed by atoms with van der Waals surface area (Å²) in [4.78, 5) is 26.8. The zero-order valence-corrected chi connectivity index (χ0v) is 21.3. The van der Waals surface area contributed by atoms with Gasteiger partial charge in [-0.05, 0) is 66.3 Å². The molecule has 192 valence electrons. The second kappa shape index (κ2) is 13.4. The fourth-order valence-corrected chi connectivity index (χ4v) is 4.22. The van der Waals surface area contributed by atoms with Gasteiger partial charge in [-0.2, -0.15) is 5.26 Å². The van der Waals surface area contributed by atoms with E-state index in [-0.39, 0.29) is 38.6 Å². The number of nitrogens with zero attached hydrogens (tertiary/aromatic N) is 2. The molecule has 0 atom stereocenters. The highest BCUT2D eigenvalue weighted by molar-refractivity contribution is 7.98. The molecular weight excluding hydrogens is 498 g/mol. The topological polar surface area (TPSA) is 79.6 Å². The third kappa shape index (κ3) is 7.54. The Balaban J connectivity index is 1.69. The van der Waals surface area contributed by atoms with Crippen LogP contribution in [0.2, 0.25) is 0 Å². The fourth-order valence-electron chi connectivity index (χ4n) is 3.60. The Bertz CT molecular complexity index is 1290. The Morgan fingerprint density at radius 2 is 1.78 bits per heavy atom. The summed E-state index contributed by atoms with van der Waals surface area (Å²) in [6.45, 7) is 1.93. The molecular formula is C28H26F2N2O4S. The normalized spacial score (nSPS) is 10.5. The first-order chi connectivity index (χ1) is 17.9. The number of nitriles is 1. The van der Waals surface area contributed by atoms with Crippen LogP contribution in [0.25, 0.3) is 11.1 Å². The van der Waals surface area contributed by atoms with Gasteiger partial charge in [0.2, 0.25) is 0 Å². The number of carbonyl (C=O) groups excluding carboxylic acids is 2. The van der Waals surface area contributed by atoms with Crippen molar-refractivity contribution in [2.75, 3.05) is 26.0 Å². The third-order valence-electron chi connectivity index (χ3n) is 5.39. The predicted octanol–water partition coefficient (Wildman–Crippen LogP) is 5.85. The van der Waals surface area contributed by atoms with Crippen molar-refractivity contribution in [3.05, 3.63) is 83.4 Å². The first-order valence-electron chi connectivity index (χ1n) is 11.5. The molecule has 3 aromatic rings. The molecule has 0 aliphatic heterocycles. The summed E-state index contributed by atoms with van der Waals surface area (Å²) in [6.07, 6.45) is 1.89. The van der Waals surface area contributed by atoms with Gasteiger partial charge in [0.25, 0.3) is 5.91 Å². The minimum atomic E-state index is -0.906. The van der Waals surface area contributed by atoms with Crippen molar-refractivity contribution in [3.8, 4) is 22.9 Å². The average Bonchev–Trinajstić information content (AvgIpc) is 2.91. The maximum absolute atomic E-state index is 13.8. The van der Waals surface area contributed by atoms with Gasteiger partial charge in [-0.3, -0.25) is 9.59 Å². The SMILES string of the molecule is CCOC(=O)CN(CCC#N)C(=O)c1cccc(COc2ccc(-c3cc(F)c(F)cc3SC)cc2)c1. The van der Waals surface area contributed by atoms with E-state index < -0.39 is 17.6 Å². The van der Waals surface area contributed by atoms with E-state index in [4.69, 9.17) is 14.7 Å². The molecule has 0 aromatic heterocycles. The first-order valence-corrected chi connectivity index (χ1v) is 12.8. The summed E-state index contributed by atoms with van der Waals surface area (Å²) in [7, 11) is 0. The number of hydrogen-bond donors (Lipinski definition) is 0. The number of halogens is 2. The molecule has 0 aliphatic rings. The molecule has 0 aliphatic carbocycles. The molecule has 0 saturated heterocycles. The number of ether oxygens (including phenoxy) is 2. The highest BCUT2D eigenvalue weighted by Gasteiger charge is 2.20. The van der Waals surface area contributed by atoms with Crippen LogP contribution in [0.1, 0.15) is 29.3 Å². The van der Waals surface area contributed by atoms with E-state index in [2.05, 4.69) is 0 Å². The number of thioether (sulfide) groups is 1. The molecule has 0 N–H and O–H groups in total. The largest absolute Gasteiger partial charge is 0.489 e. The second-order valence-corrected chi connectivity index (χ2v) is 8.77. The van der Waals surface area contributed by atoms with E-state index in [0.717, 1.165) is 11.1 Å². The van der Waals surface area contributed by atoms with E-state index in [1.54, 1.807) is 55.6 Å². The highest BCUT2D eigenvalue weighted by atomic mass is 32.2. The first kappa shape index (κ1) is 27.7. The van der Waals surface area contributed by atoms with E-state index in [1.165, 1.54) is 28.8 Å². The fraction of sp³-hybridized carbons (Fsp3) is 0.250. The van der Waals surface area contributed by atoms with Gasteiger partial charge >= 0.3 is 5.97 Å². The molecule has 3 aromatic carbocycles. The van der Waals surface area contributed by atoms with Gasteiger partial charge in [0.05, 0.1) is 19.1 Å². The van der Waals surface area contributed by atoms with Crippen molar-refractivity contribution < 1.29 is 27.8 Å². The molecule has 0 bridgehead atoms. The maximum Gasteiger partial charge on any atom is 0.325 e. The minimum absolute atomic E-state index is 0.0902. The van der Waals surface area contributed by atoms with Crippen LogP contribution < -0.4 is 4.74 Å². The van der Waals surface area contributed by atoms with E-state index in [1.807, 2.05) is 12.1 Å². The lowest BCUT2D eigenvalue weighted by atomic mass is 10.1. The number of esters is 1. The Hall–Kier alpha value is -3.90. The summed E-state index contributed by atoms with van der Waals surface area (Å²) in [5.41, 5.74) is 2.41. The van der Waals surface area contributed by atoms with Crippen LogP contribution in [0.4, 0.5) is 8.78 Å². The van der Waals surface area contributed by atoms with Crippen LogP contribution in [0.15, 0.2) is 65.6 Å². The summed E-state index contributed by atoms with van der Waals surface area (Å²) < 4.78 is 38.2. The zero-order chi connectivity index (χ0) is 26.8. The molecule has 0 fully saturated rings. The Morgan fingerprint density at radius 1 is 1.05 bits per heavy atom. The monoisotopic (exact) mass is 524 g/mol. The number of rotatable bonds is 11. The van der Waals surface area contributed by atoms with Crippen molar-refractivity contribution in [1.29, 1.82) is 5.26 Å². The Labute approximate surface area is 218 Å². The van der Waals surface area contributed by atoms with Gasteiger partial charge in [-0.15, -0.1) is 11.8 Å². The molecule has 0 radical (unpaired) electrons. The van der Waals surface area contributed by atoms with Crippen LogP contribution >= 0.6 is 11.8 Å². The summed E-state index contributed by atoms with van der Waals surface area (Å²) >= 11 is 1.33. The van der Waals surface area contributed by atoms with Crippen LogP contribution in [-0.2, 0) is 16.1 Å². The van der Waals surface area contributed by atoms with Gasteiger partial charge in [-0.1, -0.05) is 24.3 Å². The second-order valence-electron chi connectivity index (χ2n) is 7.92. The third-order valence-corrected chi connectivity index (χ3v) is 6.17. The lowest BCUT2D eigenvalue weighted by Crippen LogP contribution is -2.37. The lowest BCUT2D eigenvalue weighted by molar-refractivity contribution is -0.143. The smallest absolute Gasteiger partial charge is 0.325 e. The molecule has 9 heteroatoms. The summed E-state index contributed by atoms with van der Waals surface area (Å²) in [5, 5.41) is 8.91. The summed E-state index contributed by atoms with van der Waals surface area (Å²) in [6, 6.07) is 18.2. The number of hydrogen-bond acceptors (Lipinski definition) is 6. The Morgan fingerprint density at radius 3 is 2.46 bits per heavy atom. The molecule has 3 rings (SSSR count). The molecule has 0 heterocycles. The maximum atomic E-state index is 13.8. The summed E-state index contributed by atoms with van der Waals surface area (Å²) in [5.74, 6) is -2.15. The van der Waals surface area contributed by atoms with Crippen LogP contribution in [0.3, 0.4) is 0 Å². The van der Waals surface area contributed by atoms with Gasteiger partial charge in [0.15, 0.2) is 11.6 Å². The van der Waals surface area contributed by atoms with Gasteiger partial charge in [-0.25, -0.2) is 8.78 Å². The Kier molecular flexibility index (Phi) is 10.0. The van der Waals surface area contributed by atoms with Crippen molar-refractivity contribution >= 4 is 23.6 Å². The quantitative estimate of drug-likeness (QED) is 0.231. The van der Waals surface area contributed by atoms with E-state index >= 15 is 0 Å². The molecule has 37 heavy (non-hydrogen) atoms. The molecule has 6 nitrogen and oxygen atoms in total. The standard InChI is InChI=1S/C28H26F2N2O4S/c1-3-35-27(33)17-32(13-5-12-31)28(34)21-7-4-6-19(14-21)18-36-22-10-8-20(9-11-22)23-15-24(29)25(30)16-26(23)37-2/h4,6-11,14-16H,3,5,13,17-18H2,1-2H3. The van der Waals surface area contributed by atoms with Crippen molar-refractivity contribution in [3.63, 3.8) is 0 Å². The van der Waals surface area contributed by atoms with Gasteiger partial charge < -0.3 is 14.4 Å². The van der Waals surface area contributed by atoms with Gasteiger partial charge in [0, 0.05) is 17.0 Å². The minimum Gasteiger partial charge on any atom is -0.489 e. The molecule has 0 saturated carbocycles. The lowest BCUT2D eigenvalue weighted by Gasteiger charge is -2.21. The van der Waals surface area contributed by atoms with Crippen molar-refractivity contribution in [1.82, 2.24) is 4.90 Å². The number of amides is 1. The number of carbonyl (C=O) groups is 2. The molecule has 1 amide bonds. The molecule has 0 spiro atoms. The van der Waals surface area contributed by atoms with E-state index in [0.29, 0.717) is 21.8 Å². The average molecular weight is 525 g/mol. The molecule has 0 unspecified atom stereocenters. The van der Waals surface area contributed by atoms with E-state index in [9.17, 15) is 18.4 Å². The van der Waals surface area contributed by atoms with Crippen molar-refractivity contribution in [2.24, 2.45) is 0 Å². The highest BCUT2D eigenvalue weighted by Crippen LogP contribution is 2.33. The zero-order valence-electron chi connectivity index (χ0n) is 20.5. The van der Waals surface area contributed by atoms with Gasteiger partial charge in [0.1, 0.15) is 18.9 Å². The van der Waals surface area contributed by atoms with Crippen LogP contribution in [0, 0.1) is 23.0 Å². The predicted molar refractivity (Wildman–Crippen MR) is 137 cm³/mol. The van der Waals surface area contributed by atoms with Crippen LogP contribution in [-0.4, -0.2) is 42.7 Å².